The molecule has 1 saturated heterocycles. The molecule has 0 saturated carbocycles. The van der Waals surface area contributed by atoms with E-state index < -0.39 is 0 Å². The second kappa shape index (κ2) is 5.33. The molecule has 1 aliphatic heterocycles. The number of nitrogen functional groups attached to an aromatic ring is 1. The number of ether oxygens (including phenoxy) is 1. The molecule has 0 spiro atoms. The number of aromatic nitrogens is 2. The van der Waals surface area contributed by atoms with Crippen LogP contribution in [0.3, 0.4) is 0 Å². The molecule has 1 unspecified atom stereocenters. The van der Waals surface area contributed by atoms with Crippen LogP contribution in [0.4, 0.5) is 5.82 Å². The van der Waals surface area contributed by atoms with Gasteiger partial charge in [-0.15, -0.1) is 0 Å². The third kappa shape index (κ3) is 2.52. The van der Waals surface area contributed by atoms with E-state index in [2.05, 4.69) is 25.8 Å². The lowest BCUT2D eigenvalue weighted by Crippen LogP contribution is -2.34. The molecular weight excluding hydrogens is 242 g/mol. The van der Waals surface area contributed by atoms with E-state index in [0.29, 0.717) is 5.92 Å². The third-order valence-corrected chi connectivity index (χ3v) is 4.26. The second-order valence-electron chi connectivity index (χ2n) is 5.42. The molecule has 0 amide bonds. The predicted molar refractivity (Wildman–Crippen MR) is 74.7 cm³/mol. The van der Waals surface area contributed by atoms with Gasteiger partial charge in [0.25, 0.3) is 0 Å². The number of hydrogen-bond donors (Lipinski definition) is 1. The van der Waals surface area contributed by atoms with Crippen molar-refractivity contribution in [3.05, 3.63) is 22.7 Å². The van der Waals surface area contributed by atoms with Crippen LogP contribution in [0.2, 0.25) is 0 Å². The first-order chi connectivity index (χ1) is 9.02. The van der Waals surface area contributed by atoms with Gasteiger partial charge in [-0.3, -0.25) is 4.57 Å². The van der Waals surface area contributed by atoms with E-state index in [0.717, 1.165) is 25.7 Å². The van der Waals surface area contributed by atoms with Crippen molar-refractivity contribution in [3.8, 4) is 0 Å². The Hall–Kier alpha value is -1.36. The Morgan fingerprint density at radius 3 is 2.89 bits per heavy atom. The van der Waals surface area contributed by atoms with E-state index in [1.54, 1.807) is 16.8 Å². The summed E-state index contributed by atoms with van der Waals surface area (Å²) in [6.07, 6.45) is 5.38. The summed E-state index contributed by atoms with van der Waals surface area (Å²) < 4.78 is 7.80. The molecule has 5 heteroatoms. The normalized spacial score (nSPS) is 30.7. The molecule has 1 aromatic rings. The van der Waals surface area contributed by atoms with E-state index in [-0.39, 0.29) is 23.3 Å². The Morgan fingerprint density at radius 1 is 1.58 bits per heavy atom. The van der Waals surface area contributed by atoms with Crippen LogP contribution in [0, 0.1) is 5.92 Å². The van der Waals surface area contributed by atoms with Gasteiger partial charge in [-0.05, 0) is 31.2 Å². The summed E-state index contributed by atoms with van der Waals surface area (Å²) in [6, 6.07) is 1.64. The highest BCUT2D eigenvalue weighted by Gasteiger charge is 2.44. The molecule has 2 rings (SSSR count). The lowest BCUT2D eigenvalue weighted by molar-refractivity contribution is -0.0918. The van der Waals surface area contributed by atoms with Crippen molar-refractivity contribution in [1.29, 1.82) is 0 Å². The molecule has 0 bridgehead atoms. The fourth-order valence-corrected chi connectivity index (χ4v) is 3.10. The van der Waals surface area contributed by atoms with E-state index in [4.69, 9.17) is 10.5 Å². The molecule has 1 fully saturated rings. The van der Waals surface area contributed by atoms with Gasteiger partial charge in [0.2, 0.25) is 0 Å². The average Bonchev–Trinajstić information content (AvgIpc) is 2.67. The van der Waals surface area contributed by atoms with Crippen molar-refractivity contribution in [3.63, 3.8) is 0 Å². The van der Waals surface area contributed by atoms with Gasteiger partial charge in [-0.25, -0.2) is 4.79 Å². The van der Waals surface area contributed by atoms with Gasteiger partial charge >= 0.3 is 5.69 Å². The molecule has 106 valence electrons. The molecule has 19 heavy (non-hydrogen) atoms. The Kier molecular flexibility index (Phi) is 3.94. The maximum Gasteiger partial charge on any atom is 0.351 e. The largest absolute Gasteiger partial charge is 0.383 e. The number of rotatable bonds is 4. The van der Waals surface area contributed by atoms with E-state index in [1.165, 1.54) is 0 Å². The fraction of sp³-hybridized carbons (Fsp3) is 0.714. The van der Waals surface area contributed by atoms with Crippen LogP contribution in [-0.4, -0.2) is 15.2 Å². The summed E-state index contributed by atoms with van der Waals surface area (Å²) in [6.45, 7) is 6.52. The zero-order valence-corrected chi connectivity index (χ0v) is 11.9. The Bertz CT molecular complexity index is 500. The minimum Gasteiger partial charge on any atom is -0.383 e. The van der Waals surface area contributed by atoms with Crippen LogP contribution in [0.25, 0.3) is 0 Å². The summed E-state index contributed by atoms with van der Waals surface area (Å²) in [5.74, 6) is 0.689. The average molecular weight is 265 g/mol. The molecule has 1 aliphatic rings. The third-order valence-electron chi connectivity index (χ3n) is 4.26. The van der Waals surface area contributed by atoms with Crippen molar-refractivity contribution in [1.82, 2.24) is 9.55 Å². The van der Waals surface area contributed by atoms with Crippen LogP contribution in [0.15, 0.2) is 17.1 Å². The number of hydrogen-bond acceptors (Lipinski definition) is 4. The summed E-state index contributed by atoms with van der Waals surface area (Å²) in [5.41, 5.74) is 5.07. The van der Waals surface area contributed by atoms with Crippen LogP contribution in [0.5, 0.6) is 0 Å². The lowest BCUT2D eigenvalue weighted by Gasteiger charge is -2.31. The lowest BCUT2D eigenvalue weighted by atomic mass is 9.83. The molecule has 5 nitrogen and oxygen atoms in total. The van der Waals surface area contributed by atoms with Crippen molar-refractivity contribution >= 4 is 5.82 Å². The molecule has 2 heterocycles. The standard InChI is InChI=1S/C14H23N3O2/c1-4-7-14(5-2)10(3)9-12(19-14)17-8-6-11(15)16-13(17)18/h6,8,10,12H,4-5,7,9H2,1-3H3,(H2,15,16,18)/t10-,12+,14?/m0/s1. The van der Waals surface area contributed by atoms with Crippen molar-refractivity contribution < 1.29 is 4.74 Å². The Morgan fingerprint density at radius 2 is 2.32 bits per heavy atom. The van der Waals surface area contributed by atoms with E-state index >= 15 is 0 Å². The number of nitrogens with two attached hydrogens (primary N) is 1. The van der Waals surface area contributed by atoms with Gasteiger partial charge in [0.1, 0.15) is 12.0 Å². The first-order valence-electron chi connectivity index (χ1n) is 7.05. The van der Waals surface area contributed by atoms with Gasteiger partial charge < -0.3 is 10.5 Å². The van der Waals surface area contributed by atoms with Gasteiger partial charge in [0.15, 0.2) is 0 Å². The van der Waals surface area contributed by atoms with E-state index in [1.807, 2.05) is 0 Å². The second-order valence-corrected chi connectivity index (χ2v) is 5.42. The monoisotopic (exact) mass is 265 g/mol. The zero-order valence-electron chi connectivity index (χ0n) is 11.9. The number of anilines is 1. The molecular formula is C14H23N3O2. The van der Waals surface area contributed by atoms with Crippen molar-refractivity contribution in [2.24, 2.45) is 5.92 Å². The van der Waals surface area contributed by atoms with Crippen LogP contribution in [0.1, 0.15) is 52.7 Å². The first-order valence-corrected chi connectivity index (χ1v) is 7.05. The molecule has 2 N–H and O–H groups in total. The highest BCUT2D eigenvalue weighted by Crippen LogP contribution is 2.45. The molecule has 3 atom stereocenters. The summed E-state index contributed by atoms with van der Waals surface area (Å²) in [5, 5.41) is 0. The summed E-state index contributed by atoms with van der Waals surface area (Å²) >= 11 is 0. The molecule has 1 aromatic heterocycles. The first kappa shape index (κ1) is 14.1. The maximum absolute atomic E-state index is 11.9. The van der Waals surface area contributed by atoms with Crippen molar-refractivity contribution in [2.45, 2.75) is 58.3 Å². The molecule has 0 aromatic carbocycles. The van der Waals surface area contributed by atoms with Gasteiger partial charge in [-0.2, -0.15) is 4.98 Å². The topological polar surface area (TPSA) is 70.1 Å². The van der Waals surface area contributed by atoms with Crippen LogP contribution < -0.4 is 11.4 Å². The van der Waals surface area contributed by atoms with Gasteiger partial charge in [0, 0.05) is 6.20 Å². The van der Waals surface area contributed by atoms with E-state index in [9.17, 15) is 4.79 Å². The minimum atomic E-state index is -0.333. The van der Waals surface area contributed by atoms with Crippen LogP contribution in [-0.2, 0) is 4.74 Å². The number of nitrogens with zero attached hydrogens (tertiary/aromatic N) is 2. The fourth-order valence-electron chi connectivity index (χ4n) is 3.10. The molecule has 0 aliphatic carbocycles. The van der Waals surface area contributed by atoms with Gasteiger partial charge in [0.05, 0.1) is 5.60 Å². The Balaban J connectivity index is 2.27. The summed E-state index contributed by atoms with van der Waals surface area (Å²) in [7, 11) is 0. The molecule has 0 radical (unpaired) electrons. The van der Waals surface area contributed by atoms with Crippen LogP contribution >= 0.6 is 0 Å². The predicted octanol–water partition coefficient (Wildman–Crippen LogP) is 2.33. The van der Waals surface area contributed by atoms with Crippen molar-refractivity contribution in [2.75, 3.05) is 5.73 Å². The Labute approximate surface area is 113 Å². The SMILES string of the molecule is CCCC1(CC)O[C@@H](n2ccc(N)nc2=O)C[C@@H]1C. The maximum atomic E-state index is 11.9. The van der Waals surface area contributed by atoms with Gasteiger partial charge in [-0.1, -0.05) is 27.2 Å². The minimum absolute atomic E-state index is 0.111. The zero-order chi connectivity index (χ0) is 14.0. The highest BCUT2D eigenvalue weighted by molar-refractivity contribution is 5.23. The smallest absolute Gasteiger partial charge is 0.351 e. The quantitative estimate of drug-likeness (QED) is 0.907. The summed E-state index contributed by atoms with van der Waals surface area (Å²) in [4.78, 5) is 15.7. The highest BCUT2D eigenvalue weighted by atomic mass is 16.5.